The second kappa shape index (κ2) is 16.6. The van der Waals surface area contributed by atoms with Gasteiger partial charge < -0.3 is 24.4 Å². The van der Waals surface area contributed by atoms with E-state index in [0.717, 1.165) is 24.3 Å². The van der Waals surface area contributed by atoms with Crippen LogP contribution < -0.4 is 9.46 Å². The lowest BCUT2D eigenvalue weighted by molar-refractivity contribution is -0.149. The van der Waals surface area contributed by atoms with E-state index in [1.807, 2.05) is 6.92 Å². The van der Waals surface area contributed by atoms with Gasteiger partial charge in [-0.15, -0.1) is 0 Å². The molecule has 47 heavy (non-hydrogen) atoms. The minimum atomic E-state index is -4.47. The summed E-state index contributed by atoms with van der Waals surface area (Å²) in [5.74, 6) is -2.11. The summed E-state index contributed by atoms with van der Waals surface area (Å²) in [6.07, 6.45) is -5.50. The molecule has 0 bridgehead atoms. The van der Waals surface area contributed by atoms with Crippen LogP contribution in [0.3, 0.4) is 0 Å². The van der Waals surface area contributed by atoms with Crippen molar-refractivity contribution >= 4 is 27.5 Å². The molecule has 3 rings (SSSR count). The summed E-state index contributed by atoms with van der Waals surface area (Å²) in [7, 11) is -2.74. The first-order valence-electron chi connectivity index (χ1n) is 15.4. The number of anilines is 1. The molecule has 0 spiro atoms. The van der Waals surface area contributed by atoms with Crippen molar-refractivity contribution in [1.29, 1.82) is 0 Å². The van der Waals surface area contributed by atoms with Crippen LogP contribution in [0.2, 0.25) is 0 Å². The van der Waals surface area contributed by atoms with Crippen molar-refractivity contribution in [3.63, 3.8) is 0 Å². The maximum absolute atomic E-state index is 14.2. The lowest BCUT2D eigenvalue weighted by Crippen LogP contribution is -2.48. The number of nitrogens with zero attached hydrogens (tertiary/aromatic N) is 2. The molecule has 1 aliphatic heterocycles. The Kier molecular flexibility index (Phi) is 13.4. The van der Waals surface area contributed by atoms with Gasteiger partial charge in [-0.3, -0.25) is 14.3 Å². The number of hydrogen-bond acceptors (Lipinski definition) is 7. The van der Waals surface area contributed by atoms with Gasteiger partial charge in [-0.1, -0.05) is 6.92 Å². The molecule has 0 aromatic heterocycles. The van der Waals surface area contributed by atoms with Gasteiger partial charge in [0.25, 0.3) is 15.9 Å². The summed E-state index contributed by atoms with van der Waals surface area (Å²) in [4.78, 5) is 29.1. The fraction of sp³-hybridized carbons (Fsp3) is 0.562. The molecule has 2 amide bonds. The van der Waals surface area contributed by atoms with Crippen molar-refractivity contribution in [2.75, 3.05) is 38.1 Å². The van der Waals surface area contributed by atoms with Crippen molar-refractivity contribution in [3.8, 4) is 5.75 Å². The van der Waals surface area contributed by atoms with Crippen LogP contribution in [0.4, 0.5) is 23.2 Å². The Hall–Kier alpha value is -3.43. The molecule has 1 aliphatic rings. The zero-order valence-corrected chi connectivity index (χ0v) is 27.7. The lowest BCUT2D eigenvalue weighted by atomic mass is 10.0. The van der Waals surface area contributed by atoms with E-state index in [9.17, 15) is 40.7 Å². The maximum atomic E-state index is 14.2. The second-order valence-corrected chi connectivity index (χ2v) is 13.6. The Labute approximate surface area is 273 Å². The predicted molar refractivity (Wildman–Crippen MR) is 167 cm³/mol. The van der Waals surface area contributed by atoms with Crippen molar-refractivity contribution in [1.82, 2.24) is 9.80 Å². The fourth-order valence-electron chi connectivity index (χ4n) is 5.09. The number of rotatable bonds is 9. The number of benzene rings is 2. The molecule has 15 heteroatoms. The molecule has 2 N–H and O–H groups in total. The van der Waals surface area contributed by atoms with Gasteiger partial charge in [-0.05, 0) is 75.6 Å². The minimum absolute atomic E-state index is 0.0151. The molecule has 0 aliphatic carbocycles. The smallest absolute Gasteiger partial charge is 0.389 e. The van der Waals surface area contributed by atoms with Gasteiger partial charge in [-0.2, -0.15) is 13.2 Å². The van der Waals surface area contributed by atoms with Crippen LogP contribution in [0.15, 0.2) is 47.4 Å². The van der Waals surface area contributed by atoms with Crippen LogP contribution in [0.25, 0.3) is 0 Å². The molecule has 4 atom stereocenters. The number of hydrogen-bond donors (Lipinski definition) is 2. The number of nitrogens with one attached hydrogen (secondary N) is 1. The Balaban J connectivity index is 1.95. The van der Waals surface area contributed by atoms with E-state index in [1.54, 1.807) is 13.8 Å². The van der Waals surface area contributed by atoms with Gasteiger partial charge in [0.2, 0.25) is 5.91 Å². The van der Waals surface area contributed by atoms with E-state index < -0.39 is 71.3 Å². The van der Waals surface area contributed by atoms with Gasteiger partial charge in [0, 0.05) is 44.8 Å². The Morgan fingerprint density at radius 3 is 2.47 bits per heavy atom. The van der Waals surface area contributed by atoms with E-state index in [4.69, 9.17) is 9.47 Å². The van der Waals surface area contributed by atoms with Crippen molar-refractivity contribution < 1.29 is 50.1 Å². The first-order chi connectivity index (χ1) is 22.0. The van der Waals surface area contributed by atoms with E-state index in [1.165, 1.54) is 35.0 Å². The summed E-state index contributed by atoms with van der Waals surface area (Å²) in [6, 6.07) is 7.79. The van der Waals surface area contributed by atoms with Crippen LogP contribution in [-0.2, 0) is 19.6 Å². The summed E-state index contributed by atoms with van der Waals surface area (Å²) in [5.41, 5.74) is 0.0706. The van der Waals surface area contributed by atoms with E-state index in [0.29, 0.717) is 25.9 Å². The monoisotopic (exact) mass is 689 g/mol. The molecule has 2 aromatic carbocycles. The molecule has 2 aromatic rings. The highest BCUT2D eigenvalue weighted by molar-refractivity contribution is 7.92. The number of amides is 2. The van der Waals surface area contributed by atoms with Gasteiger partial charge >= 0.3 is 6.18 Å². The number of aliphatic hydroxyl groups excluding tert-OH is 1. The Morgan fingerprint density at radius 1 is 1.15 bits per heavy atom. The van der Waals surface area contributed by atoms with E-state index >= 15 is 0 Å². The second-order valence-electron chi connectivity index (χ2n) is 12.0. The van der Waals surface area contributed by atoms with E-state index in [-0.39, 0.29) is 41.1 Å². The molecular formula is C32H43F4N3O7S. The Bertz CT molecular complexity index is 1460. The van der Waals surface area contributed by atoms with Crippen LogP contribution in [0.5, 0.6) is 5.75 Å². The third-order valence-electron chi connectivity index (χ3n) is 7.93. The van der Waals surface area contributed by atoms with Crippen molar-refractivity contribution in [2.24, 2.45) is 5.92 Å². The number of carbonyl (C=O) groups excluding carboxylic acids is 2. The number of carbonyl (C=O) groups is 2. The molecule has 262 valence electrons. The topological polar surface area (TPSA) is 125 Å². The maximum Gasteiger partial charge on any atom is 0.389 e. The number of sulfonamides is 1. The Morgan fingerprint density at radius 2 is 1.83 bits per heavy atom. The number of ether oxygens (including phenoxy) is 2. The third-order valence-corrected chi connectivity index (χ3v) is 9.33. The highest BCUT2D eigenvalue weighted by Gasteiger charge is 2.32. The molecule has 0 fully saturated rings. The standard InChI is InChI=1S/C32H43F4N3O7S/c1-21-18-39(22(2)20-40)31(42)27-17-25(37-47(43,44)26-11-8-24(33)9-12-26)10-13-28(27)46-23(3)7-5-6-16-45-29(21)19-38(4)30(41)14-15-32(34,35)36/h8-13,17,21-23,29,37,40H,5-7,14-16,18-20H2,1-4H3/t21-,22+,23+,29+/m1/s1. The lowest BCUT2D eigenvalue weighted by Gasteiger charge is -2.36. The quantitative estimate of drug-likeness (QED) is 0.346. The fourth-order valence-corrected chi connectivity index (χ4v) is 6.14. The molecule has 1 heterocycles. The number of alkyl halides is 3. The predicted octanol–water partition coefficient (Wildman–Crippen LogP) is 5.22. The zero-order valence-electron chi connectivity index (χ0n) is 26.9. The summed E-state index contributed by atoms with van der Waals surface area (Å²) in [6.45, 7) is 5.14. The van der Waals surface area contributed by atoms with Crippen LogP contribution in [0, 0.1) is 11.7 Å². The van der Waals surface area contributed by atoms with Crippen LogP contribution in [-0.4, -0.2) is 92.9 Å². The molecule has 0 saturated heterocycles. The number of likely N-dealkylation sites (N-methyl/N-ethyl adjacent to an activating group) is 1. The average molecular weight is 690 g/mol. The zero-order chi connectivity index (χ0) is 34.9. The van der Waals surface area contributed by atoms with Crippen LogP contribution >= 0.6 is 0 Å². The van der Waals surface area contributed by atoms with Gasteiger partial charge in [0.15, 0.2) is 0 Å². The molecule has 0 unspecified atom stereocenters. The molecule has 10 nitrogen and oxygen atoms in total. The molecular weight excluding hydrogens is 646 g/mol. The summed E-state index contributed by atoms with van der Waals surface area (Å²) < 4.78 is 92.3. The van der Waals surface area contributed by atoms with Gasteiger partial charge in [0.05, 0.1) is 41.7 Å². The number of aliphatic hydroxyl groups is 1. The van der Waals surface area contributed by atoms with Crippen molar-refractivity contribution in [3.05, 3.63) is 53.8 Å². The summed E-state index contributed by atoms with van der Waals surface area (Å²) in [5, 5.41) is 10.1. The molecule has 0 saturated carbocycles. The highest BCUT2D eigenvalue weighted by Crippen LogP contribution is 2.30. The van der Waals surface area contributed by atoms with Crippen LogP contribution in [0.1, 0.15) is 63.2 Å². The normalized spacial score (nSPS) is 20.8. The van der Waals surface area contributed by atoms with Gasteiger partial charge in [0.1, 0.15) is 11.6 Å². The number of halogens is 4. The number of fused-ring (bicyclic) bond motifs is 1. The average Bonchev–Trinajstić information content (AvgIpc) is 3.00. The minimum Gasteiger partial charge on any atom is -0.490 e. The van der Waals surface area contributed by atoms with Crippen molar-refractivity contribution in [2.45, 2.75) is 82.2 Å². The largest absolute Gasteiger partial charge is 0.490 e. The first kappa shape index (κ1) is 38.0. The van der Waals surface area contributed by atoms with Gasteiger partial charge in [-0.25, -0.2) is 12.8 Å². The highest BCUT2D eigenvalue weighted by atomic mass is 32.2. The van der Waals surface area contributed by atoms with E-state index in [2.05, 4.69) is 4.72 Å². The summed E-state index contributed by atoms with van der Waals surface area (Å²) >= 11 is 0. The first-order valence-corrected chi connectivity index (χ1v) is 16.9. The SMILES string of the molecule is C[C@@H]1CN([C@@H](C)CO)C(=O)c2cc(NS(=O)(=O)c3ccc(F)cc3)ccc2O[C@@H](C)CCCCO[C@H]1CN(C)C(=O)CCC(F)(F)F. The molecule has 0 radical (unpaired) electrons. The third kappa shape index (κ3) is 11.4.